The Bertz CT molecular complexity index is 1160. The van der Waals surface area contributed by atoms with E-state index in [2.05, 4.69) is 28.8 Å². The molecule has 0 unspecified atom stereocenters. The van der Waals surface area contributed by atoms with Crippen molar-refractivity contribution in [3.05, 3.63) is 64.5 Å². The molecule has 5 N–H and O–H groups in total. The van der Waals surface area contributed by atoms with Crippen molar-refractivity contribution in [2.24, 2.45) is 10.7 Å². The second-order valence-corrected chi connectivity index (χ2v) is 10.4. The summed E-state index contributed by atoms with van der Waals surface area (Å²) in [6.45, 7) is 18.9. The van der Waals surface area contributed by atoms with Gasteiger partial charge in [0.2, 0.25) is 5.92 Å². The summed E-state index contributed by atoms with van der Waals surface area (Å²) < 4.78 is 27.2. The zero-order valence-corrected chi connectivity index (χ0v) is 21.6. The van der Waals surface area contributed by atoms with E-state index in [4.69, 9.17) is 11.1 Å². The summed E-state index contributed by atoms with van der Waals surface area (Å²) in [4.78, 5) is 4.97. The standard InChI is InChI=1S/C26H35F2N5S/c1-9-31-24(30)21(17(4)33-25(5,6)7)22(29)23-15(2)19-11-10-18(14-20(19)34-23)16(3)32-13-12-26(8,27)28/h9-11,14,29,32-33H,3-4,12-13,30H2,1-2,5-8H3/b24-21+,29-22?,31-9-. The van der Waals surface area contributed by atoms with Gasteiger partial charge in [0.15, 0.2) is 0 Å². The first-order chi connectivity index (χ1) is 15.6. The maximum Gasteiger partial charge on any atom is 0.247 e. The molecule has 0 bridgehead atoms. The van der Waals surface area contributed by atoms with Crippen molar-refractivity contribution in [3.8, 4) is 0 Å². The van der Waals surface area contributed by atoms with Gasteiger partial charge in [0, 0.05) is 40.8 Å². The number of fused-ring (bicyclic) bond motifs is 1. The Morgan fingerprint density at radius 1 is 1.24 bits per heavy atom. The minimum atomic E-state index is -2.72. The van der Waals surface area contributed by atoms with Crippen LogP contribution >= 0.6 is 11.3 Å². The molecule has 34 heavy (non-hydrogen) atoms. The summed E-state index contributed by atoms with van der Waals surface area (Å²) in [6.07, 6.45) is 1.32. The lowest BCUT2D eigenvalue weighted by atomic mass is 9.99. The van der Waals surface area contributed by atoms with Crippen molar-refractivity contribution in [2.75, 3.05) is 6.54 Å². The number of halogens is 2. The summed E-state index contributed by atoms with van der Waals surface area (Å²) in [7, 11) is 0. The smallest absolute Gasteiger partial charge is 0.247 e. The number of aliphatic imine (C=N–C) groups is 1. The maximum atomic E-state index is 13.1. The van der Waals surface area contributed by atoms with Gasteiger partial charge in [-0.1, -0.05) is 25.3 Å². The summed E-state index contributed by atoms with van der Waals surface area (Å²) in [5.41, 5.74) is 9.56. The van der Waals surface area contributed by atoms with E-state index in [0.717, 1.165) is 33.0 Å². The molecule has 5 nitrogen and oxygen atoms in total. The fourth-order valence-corrected chi connectivity index (χ4v) is 4.66. The maximum absolute atomic E-state index is 13.1. The normalized spacial score (nSPS) is 13.2. The molecule has 2 aromatic rings. The molecular formula is C26H35F2N5S. The Kier molecular flexibility index (Phi) is 8.42. The van der Waals surface area contributed by atoms with Crippen LogP contribution in [0.2, 0.25) is 0 Å². The van der Waals surface area contributed by atoms with Crippen molar-refractivity contribution in [1.29, 1.82) is 5.41 Å². The third kappa shape index (κ3) is 7.00. The lowest BCUT2D eigenvalue weighted by Crippen LogP contribution is -2.36. The quantitative estimate of drug-likeness (QED) is 0.233. The Hall–Kier alpha value is -3.00. The van der Waals surface area contributed by atoms with Crippen LogP contribution in [0.15, 0.2) is 53.4 Å². The van der Waals surface area contributed by atoms with Crippen molar-refractivity contribution < 1.29 is 8.78 Å². The Balaban J connectivity index is 2.42. The monoisotopic (exact) mass is 487 g/mol. The molecule has 0 aliphatic carbocycles. The second-order valence-electron chi connectivity index (χ2n) is 9.37. The molecule has 0 aliphatic heterocycles. The van der Waals surface area contributed by atoms with E-state index in [1.807, 2.05) is 45.9 Å². The highest BCUT2D eigenvalue weighted by Crippen LogP contribution is 2.35. The molecule has 2 rings (SSSR count). The number of hydrogen-bond donors (Lipinski definition) is 4. The van der Waals surface area contributed by atoms with E-state index >= 15 is 0 Å². The molecule has 184 valence electrons. The molecule has 0 amide bonds. The van der Waals surface area contributed by atoms with Gasteiger partial charge in [-0.05, 0) is 64.1 Å². The van der Waals surface area contributed by atoms with Gasteiger partial charge in [-0.2, -0.15) is 0 Å². The van der Waals surface area contributed by atoms with Gasteiger partial charge in [0.05, 0.1) is 16.2 Å². The van der Waals surface area contributed by atoms with Crippen LogP contribution < -0.4 is 16.4 Å². The second kappa shape index (κ2) is 10.5. The molecular weight excluding hydrogens is 452 g/mol. The molecule has 0 atom stereocenters. The number of thiophene rings is 1. The van der Waals surface area contributed by atoms with E-state index in [1.165, 1.54) is 11.3 Å². The molecule has 0 fully saturated rings. The summed E-state index contributed by atoms with van der Waals surface area (Å²) in [6, 6.07) is 5.83. The average Bonchev–Trinajstić information content (AvgIpc) is 3.02. The fourth-order valence-electron chi connectivity index (χ4n) is 3.45. The first kappa shape index (κ1) is 27.2. The van der Waals surface area contributed by atoms with Crippen molar-refractivity contribution in [2.45, 2.75) is 59.4 Å². The van der Waals surface area contributed by atoms with E-state index in [-0.39, 0.29) is 30.0 Å². The molecule has 0 spiro atoms. The summed E-state index contributed by atoms with van der Waals surface area (Å²) >= 11 is 1.47. The molecule has 1 aromatic carbocycles. The Morgan fingerprint density at radius 3 is 2.44 bits per heavy atom. The van der Waals surface area contributed by atoms with Gasteiger partial charge in [0.25, 0.3) is 0 Å². The minimum absolute atomic E-state index is 0.133. The van der Waals surface area contributed by atoms with E-state index in [9.17, 15) is 8.78 Å². The number of rotatable bonds is 10. The largest absolute Gasteiger partial charge is 0.385 e. The number of aryl methyl sites for hydroxylation is 1. The molecule has 0 radical (unpaired) electrons. The van der Waals surface area contributed by atoms with Crippen LogP contribution in [-0.2, 0) is 0 Å². The van der Waals surface area contributed by atoms with Crippen LogP contribution in [0.25, 0.3) is 15.8 Å². The van der Waals surface area contributed by atoms with Crippen LogP contribution in [0.4, 0.5) is 8.78 Å². The number of nitrogens with one attached hydrogen (secondary N) is 3. The molecule has 0 saturated heterocycles. The number of allylic oxidation sites excluding steroid dienone is 1. The third-order valence-electron chi connectivity index (χ3n) is 5.02. The number of hydrogen-bond acceptors (Lipinski definition) is 6. The van der Waals surface area contributed by atoms with Gasteiger partial charge in [0.1, 0.15) is 5.82 Å². The van der Waals surface area contributed by atoms with Gasteiger partial charge in [-0.15, -0.1) is 11.3 Å². The summed E-state index contributed by atoms with van der Waals surface area (Å²) in [5, 5.41) is 16.3. The number of benzene rings is 1. The number of nitrogens with two attached hydrogens (primary N) is 1. The highest BCUT2D eigenvalue weighted by atomic mass is 32.1. The van der Waals surface area contributed by atoms with Crippen LogP contribution in [-0.4, -0.2) is 29.9 Å². The van der Waals surface area contributed by atoms with Gasteiger partial charge < -0.3 is 16.4 Å². The van der Waals surface area contributed by atoms with Crippen LogP contribution in [0, 0.1) is 12.3 Å². The van der Waals surface area contributed by atoms with E-state index in [0.29, 0.717) is 17.0 Å². The zero-order chi connectivity index (χ0) is 25.8. The van der Waals surface area contributed by atoms with Crippen molar-refractivity contribution in [1.82, 2.24) is 10.6 Å². The molecule has 0 aliphatic rings. The van der Waals surface area contributed by atoms with Gasteiger partial charge >= 0.3 is 0 Å². The third-order valence-corrected chi connectivity index (χ3v) is 6.29. The molecule has 1 aromatic heterocycles. The Labute approximate surface area is 205 Å². The fraction of sp³-hybridized carbons (Fsp3) is 0.385. The van der Waals surface area contributed by atoms with Crippen molar-refractivity contribution >= 4 is 39.0 Å². The number of nitrogens with zero attached hydrogens (tertiary/aromatic N) is 1. The first-order valence-electron chi connectivity index (χ1n) is 11.0. The first-order valence-corrected chi connectivity index (χ1v) is 11.9. The van der Waals surface area contributed by atoms with Crippen LogP contribution in [0.1, 0.15) is 57.0 Å². The predicted molar refractivity (Wildman–Crippen MR) is 143 cm³/mol. The molecule has 8 heteroatoms. The highest BCUT2D eigenvalue weighted by molar-refractivity contribution is 7.21. The molecule has 1 heterocycles. The van der Waals surface area contributed by atoms with E-state index < -0.39 is 5.92 Å². The lowest BCUT2D eigenvalue weighted by molar-refractivity contribution is 0.0144. The zero-order valence-electron chi connectivity index (χ0n) is 20.8. The van der Waals surface area contributed by atoms with Gasteiger partial charge in [-0.3, -0.25) is 5.41 Å². The minimum Gasteiger partial charge on any atom is -0.385 e. The van der Waals surface area contributed by atoms with Crippen LogP contribution in [0.3, 0.4) is 0 Å². The highest BCUT2D eigenvalue weighted by Gasteiger charge is 2.23. The Morgan fingerprint density at radius 2 is 1.88 bits per heavy atom. The van der Waals surface area contributed by atoms with E-state index in [1.54, 1.807) is 13.1 Å². The summed E-state index contributed by atoms with van der Waals surface area (Å²) in [5.74, 6) is -2.50. The van der Waals surface area contributed by atoms with Gasteiger partial charge in [-0.25, -0.2) is 13.8 Å². The topological polar surface area (TPSA) is 86.3 Å². The lowest BCUT2D eigenvalue weighted by Gasteiger charge is -2.25. The van der Waals surface area contributed by atoms with Crippen molar-refractivity contribution in [3.63, 3.8) is 0 Å². The molecule has 0 saturated carbocycles. The van der Waals surface area contributed by atoms with Crippen LogP contribution in [0.5, 0.6) is 0 Å². The average molecular weight is 488 g/mol. The number of alkyl halides is 2. The SMILES string of the molecule is C=C(NC(C)(C)C)/C(C(=N)c1sc2cc(C(=C)NCCC(C)(F)F)ccc2c1C)=C(N)\N=C/C. The predicted octanol–water partition coefficient (Wildman–Crippen LogP) is 6.35.